The lowest BCUT2D eigenvalue weighted by Crippen LogP contribution is -2.43. The number of halogens is 3. The van der Waals surface area contributed by atoms with Crippen LogP contribution in [0.5, 0.6) is 5.75 Å². The van der Waals surface area contributed by atoms with Gasteiger partial charge in [0.25, 0.3) is 5.91 Å². The molecule has 0 spiro atoms. The fraction of sp³-hybridized carbons (Fsp3) is 0.250. The highest BCUT2D eigenvalue weighted by molar-refractivity contribution is 6.06. The van der Waals surface area contributed by atoms with Crippen LogP contribution in [0.1, 0.15) is 34.6 Å². The molecule has 3 heterocycles. The molecule has 0 fully saturated rings. The first-order chi connectivity index (χ1) is 13.8. The van der Waals surface area contributed by atoms with Crippen molar-refractivity contribution in [1.82, 2.24) is 14.8 Å². The fourth-order valence-corrected chi connectivity index (χ4v) is 3.27. The quantitative estimate of drug-likeness (QED) is 0.659. The lowest BCUT2D eigenvalue weighted by molar-refractivity contribution is -0.137. The van der Waals surface area contributed by atoms with E-state index in [0.29, 0.717) is 29.2 Å². The summed E-state index contributed by atoms with van der Waals surface area (Å²) in [4.78, 5) is 18.6. The second kappa shape index (κ2) is 7.23. The van der Waals surface area contributed by atoms with Gasteiger partial charge in [0.2, 0.25) is 0 Å². The number of alkyl halides is 3. The molecule has 0 saturated carbocycles. The van der Waals surface area contributed by atoms with Crippen LogP contribution in [0.2, 0.25) is 0 Å². The molecule has 1 aromatic carbocycles. The summed E-state index contributed by atoms with van der Waals surface area (Å²) < 4.78 is 45.8. The molecule has 0 radical (unpaired) electrons. The molecule has 0 bridgehead atoms. The minimum absolute atomic E-state index is 0.125. The number of aromatic nitrogens is 3. The number of anilines is 1. The normalized spacial score (nSPS) is 16.6. The Morgan fingerprint density at radius 3 is 2.59 bits per heavy atom. The molecule has 0 saturated heterocycles. The maximum absolute atomic E-state index is 13.1. The van der Waals surface area contributed by atoms with Crippen LogP contribution in [0.25, 0.3) is 0 Å². The first-order valence-electron chi connectivity index (χ1n) is 8.93. The number of carbonyl (C=O) groups excluding carboxylic acids is 1. The van der Waals surface area contributed by atoms with Gasteiger partial charge in [0, 0.05) is 24.0 Å². The van der Waals surface area contributed by atoms with Gasteiger partial charge in [0.15, 0.2) is 0 Å². The summed E-state index contributed by atoms with van der Waals surface area (Å²) in [5.74, 6) is 0.230. The van der Waals surface area contributed by atoms with Crippen LogP contribution >= 0.6 is 0 Å². The number of fused-ring (bicyclic) bond motifs is 1. The van der Waals surface area contributed by atoms with Crippen molar-refractivity contribution >= 4 is 11.6 Å². The molecule has 0 N–H and O–H groups in total. The molecule has 9 heteroatoms. The van der Waals surface area contributed by atoms with E-state index in [-0.39, 0.29) is 18.6 Å². The predicted octanol–water partition coefficient (Wildman–Crippen LogP) is 4.10. The highest BCUT2D eigenvalue weighted by Crippen LogP contribution is 2.33. The van der Waals surface area contributed by atoms with E-state index in [1.54, 1.807) is 35.4 Å². The number of nitrogens with zero attached hydrogens (tertiary/aromatic N) is 4. The smallest absolute Gasteiger partial charge is 0.416 e. The van der Waals surface area contributed by atoms with Crippen molar-refractivity contribution in [1.29, 1.82) is 0 Å². The molecule has 1 aliphatic heterocycles. The minimum Gasteiger partial charge on any atom is -0.487 e. The molecule has 1 aliphatic rings. The van der Waals surface area contributed by atoms with Crippen LogP contribution in [0.3, 0.4) is 0 Å². The summed E-state index contributed by atoms with van der Waals surface area (Å²) in [7, 11) is 0. The summed E-state index contributed by atoms with van der Waals surface area (Å²) in [6.07, 6.45) is 0.347. The van der Waals surface area contributed by atoms with Crippen LogP contribution < -0.4 is 9.64 Å². The molecule has 29 heavy (non-hydrogen) atoms. The summed E-state index contributed by atoms with van der Waals surface area (Å²) in [5.41, 5.74) is 0.616. The molecule has 150 valence electrons. The van der Waals surface area contributed by atoms with Gasteiger partial charge in [0.05, 0.1) is 24.0 Å². The Kier molecular flexibility index (Phi) is 4.73. The van der Waals surface area contributed by atoms with Gasteiger partial charge in [-0.1, -0.05) is 0 Å². The number of rotatable bonds is 4. The lowest BCUT2D eigenvalue weighted by atomic mass is 10.1. The van der Waals surface area contributed by atoms with E-state index >= 15 is 0 Å². The number of ether oxygens (including phenoxy) is 1. The van der Waals surface area contributed by atoms with Gasteiger partial charge in [-0.25, -0.2) is 0 Å². The molecule has 1 atom stereocenters. The number of hydrogen-bond donors (Lipinski definition) is 0. The van der Waals surface area contributed by atoms with Crippen molar-refractivity contribution in [3.8, 4) is 5.75 Å². The molecular formula is C20H17F3N4O2. The van der Waals surface area contributed by atoms with Crippen LogP contribution in [-0.2, 0) is 12.8 Å². The van der Waals surface area contributed by atoms with Gasteiger partial charge in [0.1, 0.15) is 18.1 Å². The Morgan fingerprint density at radius 2 is 1.93 bits per heavy atom. The average Bonchev–Trinajstić information content (AvgIpc) is 3.14. The summed E-state index contributed by atoms with van der Waals surface area (Å²) in [6.45, 7) is 2.33. The van der Waals surface area contributed by atoms with Crippen molar-refractivity contribution in [3.05, 3.63) is 71.8 Å². The molecule has 0 unspecified atom stereocenters. The van der Waals surface area contributed by atoms with Crippen molar-refractivity contribution in [2.75, 3.05) is 11.4 Å². The van der Waals surface area contributed by atoms with E-state index in [9.17, 15) is 18.0 Å². The second-order valence-electron chi connectivity index (χ2n) is 6.75. The maximum Gasteiger partial charge on any atom is 0.416 e. The molecule has 0 aliphatic carbocycles. The number of benzene rings is 1. The number of amides is 1. The predicted molar refractivity (Wildman–Crippen MR) is 98.6 cm³/mol. The Balaban J connectivity index is 1.60. The number of pyridine rings is 1. The van der Waals surface area contributed by atoms with Crippen LogP contribution in [0.15, 0.2) is 55.0 Å². The lowest BCUT2D eigenvalue weighted by Gasteiger charge is -2.32. The fourth-order valence-electron chi connectivity index (χ4n) is 3.27. The second-order valence-corrected chi connectivity index (χ2v) is 6.75. The van der Waals surface area contributed by atoms with Gasteiger partial charge < -0.3 is 9.64 Å². The highest BCUT2D eigenvalue weighted by Gasteiger charge is 2.34. The van der Waals surface area contributed by atoms with Gasteiger partial charge in [-0.15, -0.1) is 0 Å². The standard InChI is InChI=1S/C20H17F3N4O2/c1-13-11-26(16-6-4-15(5-7-16)20(21,22)23)19(28)18-14(9-25-27(13)18)12-29-17-3-2-8-24-10-17/h2-10,13H,11-12H2,1H3/t13-/m0/s1. The molecular weight excluding hydrogens is 385 g/mol. The summed E-state index contributed by atoms with van der Waals surface area (Å²) in [5, 5.41) is 4.30. The Morgan fingerprint density at radius 1 is 1.17 bits per heavy atom. The number of carbonyl (C=O) groups is 1. The van der Waals surface area contributed by atoms with Crippen molar-refractivity contribution in [3.63, 3.8) is 0 Å². The number of hydrogen-bond acceptors (Lipinski definition) is 4. The summed E-state index contributed by atoms with van der Waals surface area (Å²) >= 11 is 0. The minimum atomic E-state index is -4.42. The van der Waals surface area contributed by atoms with Gasteiger partial charge in [-0.05, 0) is 43.3 Å². The van der Waals surface area contributed by atoms with Gasteiger partial charge >= 0.3 is 6.18 Å². The van der Waals surface area contributed by atoms with E-state index in [4.69, 9.17) is 4.74 Å². The first-order valence-corrected chi connectivity index (χ1v) is 8.93. The van der Waals surface area contributed by atoms with Gasteiger partial charge in [-0.3, -0.25) is 14.5 Å². The molecule has 2 aromatic heterocycles. The largest absolute Gasteiger partial charge is 0.487 e. The third kappa shape index (κ3) is 3.67. The SMILES string of the molecule is C[C@H]1CN(c2ccc(C(F)(F)F)cc2)C(=O)c2c(COc3cccnc3)cnn21. The topological polar surface area (TPSA) is 60.3 Å². The molecule has 6 nitrogen and oxygen atoms in total. The van der Waals surface area contributed by atoms with E-state index in [1.807, 2.05) is 6.92 Å². The summed E-state index contributed by atoms with van der Waals surface area (Å²) in [6, 6.07) is 7.93. The first kappa shape index (κ1) is 19.0. The van der Waals surface area contributed by atoms with E-state index in [1.165, 1.54) is 17.0 Å². The maximum atomic E-state index is 13.1. The van der Waals surface area contributed by atoms with E-state index in [2.05, 4.69) is 10.1 Å². The molecule has 1 amide bonds. The monoisotopic (exact) mass is 402 g/mol. The Labute approximate surface area is 164 Å². The average molecular weight is 402 g/mol. The van der Waals surface area contributed by atoms with Crippen molar-refractivity contribution in [2.45, 2.75) is 25.7 Å². The Bertz CT molecular complexity index is 1020. The zero-order chi connectivity index (χ0) is 20.6. The van der Waals surface area contributed by atoms with Crippen molar-refractivity contribution in [2.24, 2.45) is 0 Å². The van der Waals surface area contributed by atoms with Crippen LogP contribution in [0.4, 0.5) is 18.9 Å². The highest BCUT2D eigenvalue weighted by atomic mass is 19.4. The molecule has 3 aromatic rings. The van der Waals surface area contributed by atoms with E-state index < -0.39 is 11.7 Å². The van der Waals surface area contributed by atoms with E-state index in [0.717, 1.165) is 12.1 Å². The van der Waals surface area contributed by atoms with Crippen LogP contribution in [0, 0.1) is 0 Å². The van der Waals surface area contributed by atoms with Crippen molar-refractivity contribution < 1.29 is 22.7 Å². The zero-order valence-electron chi connectivity index (χ0n) is 15.4. The third-order valence-corrected chi connectivity index (χ3v) is 4.72. The Hall–Kier alpha value is -3.36. The van der Waals surface area contributed by atoms with Gasteiger partial charge in [-0.2, -0.15) is 18.3 Å². The third-order valence-electron chi connectivity index (χ3n) is 4.72. The molecule has 4 rings (SSSR count). The van der Waals surface area contributed by atoms with Crippen LogP contribution in [-0.4, -0.2) is 27.2 Å². The zero-order valence-corrected chi connectivity index (χ0v) is 15.4.